The molecule has 1 aliphatic carbocycles. The van der Waals surface area contributed by atoms with E-state index in [2.05, 4.69) is 18.7 Å². The van der Waals surface area contributed by atoms with Gasteiger partial charge in [-0.3, -0.25) is 14.5 Å². The molecular formula is C30H40F3N5O4S. The van der Waals surface area contributed by atoms with Crippen LogP contribution in [0, 0.1) is 17.2 Å². The van der Waals surface area contributed by atoms with Crippen molar-refractivity contribution < 1.29 is 32.7 Å². The quantitative estimate of drug-likeness (QED) is 0.286. The maximum Gasteiger partial charge on any atom is 0.417 e. The summed E-state index contributed by atoms with van der Waals surface area (Å²) in [4.78, 5) is 44.1. The summed E-state index contributed by atoms with van der Waals surface area (Å²) in [5.41, 5.74) is -2.74. The second-order valence-corrected chi connectivity index (χ2v) is 13.6. The number of rotatable bonds is 9. The molecule has 13 heteroatoms. The molecule has 43 heavy (non-hydrogen) atoms. The molecule has 2 saturated heterocycles. The zero-order valence-electron chi connectivity index (χ0n) is 25.1. The predicted molar refractivity (Wildman–Crippen MR) is 155 cm³/mol. The van der Waals surface area contributed by atoms with E-state index in [1.807, 2.05) is 4.90 Å². The molecule has 0 bridgehead atoms. The minimum atomic E-state index is -4.74. The predicted octanol–water partition coefficient (Wildman–Crippen LogP) is 5.45. The summed E-state index contributed by atoms with van der Waals surface area (Å²) in [5, 5.41) is 18.2. The van der Waals surface area contributed by atoms with Crippen LogP contribution in [0.15, 0.2) is 23.1 Å². The Bertz CT molecular complexity index is 1250. The smallest absolute Gasteiger partial charge is 0.417 e. The number of carboxylic acid groups (broad SMARTS) is 1. The highest BCUT2D eigenvalue weighted by Gasteiger charge is 2.54. The van der Waals surface area contributed by atoms with Crippen molar-refractivity contribution in [1.29, 1.82) is 5.26 Å². The molecule has 1 saturated carbocycles. The fourth-order valence-corrected chi connectivity index (χ4v) is 7.88. The van der Waals surface area contributed by atoms with E-state index in [0.29, 0.717) is 17.9 Å². The molecule has 1 aromatic rings. The number of piperazine rings is 1. The Kier molecular flexibility index (Phi) is 10.0. The molecule has 0 radical (unpaired) electrons. The van der Waals surface area contributed by atoms with Crippen molar-refractivity contribution in [3.8, 4) is 6.07 Å². The molecule has 2 heterocycles. The van der Waals surface area contributed by atoms with Gasteiger partial charge in [0.1, 0.15) is 5.54 Å². The molecule has 3 fully saturated rings. The van der Waals surface area contributed by atoms with E-state index in [-0.39, 0.29) is 29.6 Å². The molecule has 0 spiro atoms. The summed E-state index contributed by atoms with van der Waals surface area (Å²) < 4.78 is 41.3. The molecule has 1 aromatic carbocycles. The van der Waals surface area contributed by atoms with Crippen LogP contribution in [0.3, 0.4) is 0 Å². The van der Waals surface area contributed by atoms with Gasteiger partial charge in [0.2, 0.25) is 0 Å². The number of benzene rings is 1. The third-order valence-electron chi connectivity index (χ3n) is 9.07. The van der Waals surface area contributed by atoms with Crippen LogP contribution in [0.25, 0.3) is 0 Å². The molecule has 9 nitrogen and oxygen atoms in total. The Labute approximate surface area is 255 Å². The standard InChI is InChI=1S/C30H40F3N5O4S/c1-19-16-35(17-20(2)36(19)18-26(39)40)13-5-6-21-7-10-23(11-8-21)37-28(42)38(27(41)29(37,3)4)43-24-12-9-22(15-34)25(14-24)30(31,32)33/h9,12,14,19-21,23H,5-8,10-11,13,16-18H2,1-4H3,(H,39,40)/t19-,20+,21?,23?. The number of urea groups is 1. The molecule has 0 unspecified atom stereocenters. The van der Waals surface area contributed by atoms with Gasteiger partial charge in [-0.1, -0.05) is 0 Å². The van der Waals surface area contributed by atoms with E-state index in [4.69, 9.17) is 5.26 Å². The van der Waals surface area contributed by atoms with Gasteiger partial charge < -0.3 is 14.9 Å². The maximum atomic E-state index is 13.5. The van der Waals surface area contributed by atoms with Crippen LogP contribution < -0.4 is 0 Å². The van der Waals surface area contributed by atoms with E-state index in [1.165, 1.54) is 6.07 Å². The van der Waals surface area contributed by atoms with Crippen molar-refractivity contribution >= 4 is 29.9 Å². The summed E-state index contributed by atoms with van der Waals surface area (Å²) in [6.45, 7) is 10.2. The topological polar surface area (TPSA) is 108 Å². The average Bonchev–Trinajstić information content (AvgIpc) is 3.09. The minimum absolute atomic E-state index is 0.0569. The highest BCUT2D eigenvalue weighted by atomic mass is 32.2. The Morgan fingerprint density at radius 3 is 2.30 bits per heavy atom. The van der Waals surface area contributed by atoms with Crippen molar-refractivity contribution in [3.05, 3.63) is 29.3 Å². The normalized spacial score (nSPS) is 27.0. The molecule has 3 aliphatic rings. The van der Waals surface area contributed by atoms with Gasteiger partial charge in [-0.2, -0.15) is 22.7 Å². The number of carboxylic acids is 1. The van der Waals surface area contributed by atoms with Crippen molar-refractivity contribution in [1.82, 2.24) is 19.0 Å². The van der Waals surface area contributed by atoms with Crippen LogP contribution in [0.1, 0.15) is 77.3 Å². The van der Waals surface area contributed by atoms with E-state index in [0.717, 1.165) is 74.6 Å². The van der Waals surface area contributed by atoms with Gasteiger partial charge in [0.25, 0.3) is 5.91 Å². The van der Waals surface area contributed by atoms with Gasteiger partial charge in [-0.15, -0.1) is 0 Å². The van der Waals surface area contributed by atoms with Crippen LogP contribution >= 0.6 is 11.9 Å². The van der Waals surface area contributed by atoms with Crippen LogP contribution in [-0.2, 0) is 15.8 Å². The largest absolute Gasteiger partial charge is 0.480 e. The lowest BCUT2D eigenvalue weighted by atomic mass is 9.81. The average molecular weight is 624 g/mol. The first-order valence-electron chi connectivity index (χ1n) is 14.8. The Balaban J connectivity index is 1.30. The first kappa shape index (κ1) is 33.1. The van der Waals surface area contributed by atoms with E-state index in [1.54, 1.807) is 24.8 Å². The SMILES string of the molecule is C[C@@H]1CN(CCCC2CCC(N3C(=O)N(Sc4ccc(C#N)c(C(F)(F)F)c4)C(=O)C3(C)C)CC2)C[C@H](C)N1CC(=O)O. The molecule has 2 aliphatic heterocycles. The number of halogens is 3. The van der Waals surface area contributed by atoms with E-state index in [9.17, 15) is 32.7 Å². The van der Waals surface area contributed by atoms with Gasteiger partial charge in [0.05, 0.1) is 23.7 Å². The van der Waals surface area contributed by atoms with Crippen LogP contribution in [0.2, 0.25) is 0 Å². The number of hydrogen-bond acceptors (Lipinski definition) is 7. The van der Waals surface area contributed by atoms with Crippen molar-refractivity contribution in [2.45, 2.75) is 101 Å². The minimum Gasteiger partial charge on any atom is -0.480 e. The summed E-state index contributed by atoms with van der Waals surface area (Å²) in [6, 6.07) is 4.43. The number of alkyl halides is 3. The molecule has 4 rings (SSSR count). The summed E-state index contributed by atoms with van der Waals surface area (Å²) in [5.74, 6) is -0.765. The number of hydrogen-bond donors (Lipinski definition) is 1. The second-order valence-electron chi connectivity index (χ2n) is 12.6. The first-order valence-corrected chi connectivity index (χ1v) is 15.6. The van der Waals surface area contributed by atoms with Gasteiger partial charge in [0, 0.05) is 36.1 Å². The number of amides is 3. The molecule has 3 amide bonds. The Morgan fingerprint density at radius 1 is 1.12 bits per heavy atom. The van der Waals surface area contributed by atoms with Crippen LogP contribution in [-0.4, -0.2) is 91.9 Å². The van der Waals surface area contributed by atoms with Crippen LogP contribution in [0.5, 0.6) is 0 Å². The summed E-state index contributed by atoms with van der Waals surface area (Å²) in [7, 11) is 0. The maximum absolute atomic E-state index is 13.5. The lowest BCUT2D eigenvalue weighted by Crippen LogP contribution is -2.57. The number of imide groups is 1. The summed E-state index contributed by atoms with van der Waals surface area (Å²) in [6.07, 6.45) is 0.716. The van der Waals surface area contributed by atoms with Gasteiger partial charge in [-0.05, 0) is 109 Å². The first-order chi connectivity index (χ1) is 20.1. The zero-order chi connectivity index (χ0) is 31.7. The van der Waals surface area contributed by atoms with Gasteiger partial charge in [0.15, 0.2) is 0 Å². The Hall–Kier alpha value is -2.82. The number of aliphatic carboxylic acids is 1. The fourth-order valence-electron chi connectivity index (χ4n) is 6.90. The lowest BCUT2D eigenvalue weighted by Gasteiger charge is -2.44. The third kappa shape index (κ3) is 7.29. The second kappa shape index (κ2) is 13.0. The van der Waals surface area contributed by atoms with Crippen molar-refractivity contribution in [3.63, 3.8) is 0 Å². The molecule has 236 valence electrons. The highest BCUT2D eigenvalue weighted by molar-refractivity contribution is 7.98. The van der Waals surface area contributed by atoms with Crippen molar-refractivity contribution in [2.75, 3.05) is 26.2 Å². The molecular weight excluding hydrogens is 583 g/mol. The number of nitriles is 1. The number of nitrogens with zero attached hydrogens (tertiary/aromatic N) is 5. The zero-order valence-corrected chi connectivity index (χ0v) is 25.9. The van der Waals surface area contributed by atoms with Gasteiger partial charge >= 0.3 is 18.2 Å². The number of carbonyl (C=O) groups is 3. The third-order valence-corrected chi connectivity index (χ3v) is 10.0. The summed E-state index contributed by atoms with van der Waals surface area (Å²) >= 11 is 0.662. The van der Waals surface area contributed by atoms with Crippen LogP contribution in [0.4, 0.5) is 18.0 Å². The van der Waals surface area contributed by atoms with E-state index >= 15 is 0 Å². The monoisotopic (exact) mass is 623 g/mol. The van der Waals surface area contributed by atoms with E-state index < -0.39 is 40.7 Å². The molecule has 1 N–H and O–H groups in total. The molecule has 2 atom stereocenters. The van der Waals surface area contributed by atoms with Crippen molar-refractivity contribution in [2.24, 2.45) is 5.92 Å². The number of carbonyl (C=O) groups excluding carboxylic acids is 2. The Morgan fingerprint density at radius 2 is 1.74 bits per heavy atom. The highest BCUT2D eigenvalue weighted by Crippen LogP contribution is 2.42. The molecule has 0 aromatic heterocycles. The lowest BCUT2D eigenvalue weighted by molar-refractivity contribution is -0.140. The fraction of sp³-hybridized carbons (Fsp3) is 0.667. The van der Waals surface area contributed by atoms with Gasteiger partial charge in [-0.25, -0.2) is 4.79 Å².